The molecule has 0 aliphatic carbocycles. The van der Waals surface area contributed by atoms with Gasteiger partial charge in [-0.1, -0.05) is 0 Å². The van der Waals surface area contributed by atoms with Gasteiger partial charge in [0.2, 0.25) is 0 Å². The molecule has 1 N–H and O–H groups in total. The number of carbonyl (C=O) groups excluding carboxylic acids is 1. The van der Waals surface area contributed by atoms with Crippen LogP contribution in [0.25, 0.3) is 0 Å². The average molecular weight is 280 g/mol. The highest BCUT2D eigenvalue weighted by atomic mass is 19.1. The van der Waals surface area contributed by atoms with Crippen molar-refractivity contribution in [1.29, 1.82) is 0 Å². The van der Waals surface area contributed by atoms with E-state index in [4.69, 9.17) is 4.74 Å². The van der Waals surface area contributed by atoms with E-state index in [1.165, 1.54) is 12.1 Å². The number of nitrogens with zero attached hydrogens (tertiary/aromatic N) is 1. The standard InChI is InChI=1S/C15H21FN2O2/c1-15(2,3)20-14(19)17-12-8-9-18(10-12)13-6-4-11(16)5-7-13/h4-7,12H,8-10H2,1-3H3,(H,17,19)/t12-/m1/s1. The van der Waals surface area contributed by atoms with Crippen LogP contribution in [0.3, 0.4) is 0 Å². The lowest BCUT2D eigenvalue weighted by Crippen LogP contribution is -2.40. The summed E-state index contributed by atoms with van der Waals surface area (Å²) in [6, 6.07) is 6.47. The Kier molecular flexibility index (Phi) is 4.16. The number of carbonyl (C=O) groups is 1. The molecule has 1 heterocycles. The maximum Gasteiger partial charge on any atom is 0.407 e. The molecule has 4 nitrogen and oxygen atoms in total. The van der Waals surface area contributed by atoms with Gasteiger partial charge < -0.3 is 15.0 Å². The highest BCUT2D eigenvalue weighted by molar-refractivity contribution is 5.68. The van der Waals surface area contributed by atoms with E-state index in [1.54, 1.807) is 12.1 Å². The van der Waals surface area contributed by atoms with Crippen molar-refractivity contribution in [3.05, 3.63) is 30.1 Å². The Balaban J connectivity index is 1.86. The van der Waals surface area contributed by atoms with Crippen molar-refractivity contribution in [2.75, 3.05) is 18.0 Å². The molecule has 2 rings (SSSR count). The highest BCUT2D eigenvalue weighted by Gasteiger charge is 2.26. The van der Waals surface area contributed by atoms with Gasteiger partial charge in [0.25, 0.3) is 0 Å². The monoisotopic (exact) mass is 280 g/mol. The zero-order chi connectivity index (χ0) is 14.8. The van der Waals surface area contributed by atoms with Crippen molar-refractivity contribution in [3.63, 3.8) is 0 Å². The molecule has 0 unspecified atom stereocenters. The fourth-order valence-corrected chi connectivity index (χ4v) is 2.24. The van der Waals surface area contributed by atoms with Crippen molar-refractivity contribution in [3.8, 4) is 0 Å². The number of amides is 1. The lowest BCUT2D eigenvalue weighted by molar-refractivity contribution is 0.0509. The Morgan fingerprint density at radius 3 is 2.60 bits per heavy atom. The Hall–Kier alpha value is -1.78. The van der Waals surface area contributed by atoms with Gasteiger partial charge in [0.05, 0.1) is 6.04 Å². The summed E-state index contributed by atoms with van der Waals surface area (Å²) in [7, 11) is 0. The molecule has 1 saturated heterocycles. The number of alkyl carbamates (subject to hydrolysis) is 1. The first-order valence-corrected chi connectivity index (χ1v) is 6.83. The summed E-state index contributed by atoms with van der Waals surface area (Å²) in [5.41, 5.74) is 0.485. The molecule has 1 aliphatic rings. The Morgan fingerprint density at radius 1 is 1.35 bits per heavy atom. The summed E-state index contributed by atoms with van der Waals surface area (Å²) < 4.78 is 18.1. The van der Waals surface area contributed by atoms with Crippen LogP contribution in [-0.4, -0.2) is 30.8 Å². The third kappa shape index (κ3) is 4.11. The van der Waals surface area contributed by atoms with Gasteiger partial charge in [-0.2, -0.15) is 0 Å². The molecule has 110 valence electrons. The van der Waals surface area contributed by atoms with Crippen LogP contribution in [-0.2, 0) is 4.74 Å². The molecule has 1 fully saturated rings. The van der Waals surface area contributed by atoms with E-state index >= 15 is 0 Å². The number of benzene rings is 1. The van der Waals surface area contributed by atoms with Crippen LogP contribution in [0.5, 0.6) is 0 Å². The predicted molar refractivity (Wildman–Crippen MR) is 76.4 cm³/mol. The summed E-state index contributed by atoms with van der Waals surface area (Å²) in [6.07, 6.45) is 0.472. The first-order valence-electron chi connectivity index (χ1n) is 6.83. The SMILES string of the molecule is CC(C)(C)OC(=O)N[C@@H]1CCN(c2ccc(F)cc2)C1. The second kappa shape index (κ2) is 5.69. The van der Waals surface area contributed by atoms with Crippen molar-refractivity contribution in [1.82, 2.24) is 5.32 Å². The minimum Gasteiger partial charge on any atom is -0.444 e. The molecule has 1 atom stereocenters. The molecule has 5 heteroatoms. The minimum absolute atomic E-state index is 0.0647. The van der Waals surface area contributed by atoms with E-state index in [2.05, 4.69) is 10.2 Å². The molecule has 20 heavy (non-hydrogen) atoms. The van der Waals surface area contributed by atoms with Crippen LogP contribution < -0.4 is 10.2 Å². The van der Waals surface area contributed by atoms with Crippen LogP contribution in [0.15, 0.2) is 24.3 Å². The lowest BCUT2D eigenvalue weighted by Gasteiger charge is -2.22. The number of anilines is 1. The van der Waals surface area contributed by atoms with Crippen LogP contribution >= 0.6 is 0 Å². The summed E-state index contributed by atoms with van der Waals surface area (Å²) in [4.78, 5) is 13.8. The van der Waals surface area contributed by atoms with Crippen molar-refractivity contribution in [2.45, 2.75) is 38.8 Å². The van der Waals surface area contributed by atoms with Gasteiger partial charge >= 0.3 is 6.09 Å². The fourth-order valence-electron chi connectivity index (χ4n) is 2.24. The molecule has 0 radical (unpaired) electrons. The number of ether oxygens (including phenoxy) is 1. The predicted octanol–water partition coefficient (Wildman–Crippen LogP) is 2.93. The van der Waals surface area contributed by atoms with Crippen molar-refractivity contribution < 1.29 is 13.9 Å². The third-order valence-electron chi connectivity index (χ3n) is 3.10. The molecule has 1 amide bonds. The zero-order valence-corrected chi connectivity index (χ0v) is 12.1. The summed E-state index contributed by atoms with van der Waals surface area (Å²) in [5.74, 6) is -0.239. The minimum atomic E-state index is -0.487. The van der Waals surface area contributed by atoms with Gasteiger partial charge in [-0.15, -0.1) is 0 Å². The first kappa shape index (κ1) is 14.6. The third-order valence-corrected chi connectivity index (χ3v) is 3.10. The Labute approximate surface area is 118 Å². The zero-order valence-electron chi connectivity index (χ0n) is 12.1. The summed E-state index contributed by atoms with van der Waals surface area (Å²) in [6.45, 7) is 7.07. The van der Waals surface area contributed by atoms with Crippen molar-refractivity contribution in [2.24, 2.45) is 0 Å². The lowest BCUT2D eigenvalue weighted by atomic mass is 10.2. The summed E-state index contributed by atoms with van der Waals surface area (Å²) >= 11 is 0. The molecule has 0 aromatic heterocycles. The largest absolute Gasteiger partial charge is 0.444 e. The molecular weight excluding hydrogens is 259 g/mol. The number of rotatable bonds is 2. The topological polar surface area (TPSA) is 41.6 Å². The second-order valence-corrected chi connectivity index (χ2v) is 6.05. The average Bonchev–Trinajstić information content (AvgIpc) is 2.75. The van der Waals surface area contributed by atoms with Gasteiger partial charge in [-0.3, -0.25) is 0 Å². The maximum atomic E-state index is 12.9. The van der Waals surface area contributed by atoms with E-state index < -0.39 is 5.60 Å². The molecule has 0 spiro atoms. The van der Waals surface area contributed by atoms with Crippen LogP contribution in [0, 0.1) is 5.82 Å². The Bertz CT molecular complexity index is 468. The highest BCUT2D eigenvalue weighted by Crippen LogP contribution is 2.20. The van der Waals surface area contributed by atoms with Gasteiger partial charge in [0.15, 0.2) is 0 Å². The molecule has 0 bridgehead atoms. The van der Waals surface area contributed by atoms with Crippen molar-refractivity contribution >= 4 is 11.8 Å². The molecule has 0 saturated carbocycles. The number of halogens is 1. The number of hydrogen-bond donors (Lipinski definition) is 1. The van der Waals surface area contributed by atoms with E-state index in [-0.39, 0.29) is 18.0 Å². The van der Waals surface area contributed by atoms with Crippen LogP contribution in [0.1, 0.15) is 27.2 Å². The number of nitrogens with one attached hydrogen (secondary N) is 1. The van der Waals surface area contributed by atoms with Gasteiger partial charge in [0, 0.05) is 18.8 Å². The summed E-state index contributed by atoms with van der Waals surface area (Å²) in [5, 5.41) is 2.87. The smallest absolute Gasteiger partial charge is 0.407 e. The Morgan fingerprint density at radius 2 is 2.00 bits per heavy atom. The quantitative estimate of drug-likeness (QED) is 0.905. The fraction of sp³-hybridized carbons (Fsp3) is 0.533. The maximum absolute atomic E-state index is 12.9. The number of hydrogen-bond acceptors (Lipinski definition) is 3. The van der Waals surface area contributed by atoms with Gasteiger partial charge in [0.1, 0.15) is 11.4 Å². The van der Waals surface area contributed by atoms with E-state index in [0.29, 0.717) is 6.54 Å². The van der Waals surface area contributed by atoms with Crippen LogP contribution in [0.4, 0.5) is 14.9 Å². The van der Waals surface area contributed by atoms with Gasteiger partial charge in [-0.05, 0) is 51.5 Å². The first-order chi connectivity index (χ1) is 9.33. The van der Waals surface area contributed by atoms with E-state index in [0.717, 1.165) is 18.7 Å². The molecule has 1 aromatic carbocycles. The van der Waals surface area contributed by atoms with E-state index in [9.17, 15) is 9.18 Å². The molecule has 1 aromatic rings. The second-order valence-electron chi connectivity index (χ2n) is 6.05. The van der Waals surface area contributed by atoms with Gasteiger partial charge in [-0.25, -0.2) is 9.18 Å². The molecule has 1 aliphatic heterocycles. The van der Waals surface area contributed by atoms with Crippen LogP contribution in [0.2, 0.25) is 0 Å². The molecular formula is C15H21FN2O2. The normalized spacial score (nSPS) is 19.0. The van der Waals surface area contributed by atoms with E-state index in [1.807, 2.05) is 20.8 Å².